The van der Waals surface area contributed by atoms with E-state index in [-0.39, 0.29) is 0 Å². The van der Waals surface area contributed by atoms with E-state index in [9.17, 15) is 0 Å². The van der Waals surface area contributed by atoms with Gasteiger partial charge in [0.05, 0.1) is 22.6 Å². The van der Waals surface area contributed by atoms with Gasteiger partial charge in [0, 0.05) is 54.7 Å². The predicted molar refractivity (Wildman–Crippen MR) is 252 cm³/mol. The average molecular weight is 778 g/mol. The molecule has 0 aliphatic heterocycles. The summed E-state index contributed by atoms with van der Waals surface area (Å²) in [4.78, 5) is 15.6. The molecule has 0 saturated carbocycles. The Bertz CT molecular complexity index is 3610. The van der Waals surface area contributed by atoms with E-state index in [0.717, 1.165) is 94.1 Å². The van der Waals surface area contributed by atoms with Crippen LogP contribution in [0.4, 0.5) is 0 Å². The Hall–Kier alpha value is -8.21. The Morgan fingerprint density at radius 2 is 0.885 bits per heavy atom. The van der Waals surface area contributed by atoms with Crippen molar-refractivity contribution in [3.63, 3.8) is 0 Å². The second kappa shape index (κ2) is 14.3. The minimum atomic E-state index is 0.687. The first-order chi connectivity index (χ1) is 30.2. The molecule has 0 saturated heterocycles. The zero-order chi connectivity index (χ0) is 40.3. The Morgan fingerprint density at radius 3 is 1.67 bits per heavy atom. The maximum atomic E-state index is 6.67. The second-order valence-electron chi connectivity index (χ2n) is 15.5. The van der Waals surface area contributed by atoms with Gasteiger partial charge in [-0.25, -0.2) is 15.0 Å². The smallest absolute Gasteiger partial charge is 0.160 e. The Balaban J connectivity index is 1.05. The van der Waals surface area contributed by atoms with Crippen molar-refractivity contribution < 1.29 is 4.42 Å². The number of hydrogen-bond acceptors (Lipinski definition) is 4. The van der Waals surface area contributed by atoms with Crippen molar-refractivity contribution in [3.05, 3.63) is 212 Å². The number of benzene rings is 9. The summed E-state index contributed by atoms with van der Waals surface area (Å²) in [5, 5.41) is 7.86. The molecule has 0 aliphatic rings. The molecule has 4 heteroatoms. The van der Waals surface area contributed by atoms with Gasteiger partial charge in [0.1, 0.15) is 11.2 Å². The van der Waals surface area contributed by atoms with Crippen molar-refractivity contribution in [2.75, 3.05) is 0 Å². The summed E-state index contributed by atoms with van der Waals surface area (Å²) in [6.45, 7) is 0. The molecule has 0 aliphatic carbocycles. The monoisotopic (exact) mass is 777 g/mol. The van der Waals surface area contributed by atoms with Gasteiger partial charge in [-0.3, -0.25) is 0 Å². The van der Waals surface area contributed by atoms with E-state index in [1.807, 2.05) is 24.3 Å². The molecule has 0 spiro atoms. The van der Waals surface area contributed by atoms with Crippen molar-refractivity contribution >= 4 is 54.4 Å². The van der Waals surface area contributed by atoms with Crippen molar-refractivity contribution in [1.82, 2.24) is 15.0 Å². The van der Waals surface area contributed by atoms with Crippen molar-refractivity contribution in [2.24, 2.45) is 0 Å². The second-order valence-corrected chi connectivity index (χ2v) is 15.5. The average Bonchev–Trinajstić information content (AvgIpc) is 3.71. The van der Waals surface area contributed by atoms with Gasteiger partial charge in [0.25, 0.3) is 0 Å². The van der Waals surface area contributed by atoms with E-state index in [4.69, 9.17) is 19.4 Å². The number of hydrogen-bond donors (Lipinski definition) is 0. The molecular formula is C57H35N3O. The molecular weight excluding hydrogens is 743 g/mol. The van der Waals surface area contributed by atoms with Crippen LogP contribution in [0.1, 0.15) is 0 Å². The molecule has 12 rings (SSSR count). The molecule has 0 N–H and O–H groups in total. The van der Waals surface area contributed by atoms with Gasteiger partial charge in [0.2, 0.25) is 0 Å². The van der Waals surface area contributed by atoms with Gasteiger partial charge in [-0.1, -0.05) is 182 Å². The minimum absolute atomic E-state index is 0.687. The van der Waals surface area contributed by atoms with Gasteiger partial charge in [-0.15, -0.1) is 0 Å². The van der Waals surface area contributed by atoms with Crippen molar-refractivity contribution in [3.8, 4) is 67.4 Å². The van der Waals surface area contributed by atoms with Crippen LogP contribution in [0.25, 0.3) is 122 Å². The van der Waals surface area contributed by atoms with Crippen LogP contribution in [0.3, 0.4) is 0 Å². The number of para-hydroxylation sites is 2. The SMILES string of the molecule is c1ccc(-c2ccc(-c3c4c(cc5c(-c6ccc(-c7cc(-c8ccc9ccccc9c8)nc(-c8ccccc8)n7)cc6)nc6ccccc6c35)oc3ccccc34)cc2)cc1. The van der Waals surface area contributed by atoms with Crippen LogP contribution < -0.4 is 0 Å². The fraction of sp³-hybridized carbons (Fsp3) is 0. The van der Waals surface area contributed by atoms with Crippen LogP contribution in [-0.2, 0) is 0 Å². The molecule has 284 valence electrons. The lowest BCUT2D eigenvalue weighted by atomic mass is 9.89. The molecule has 0 atom stereocenters. The normalized spacial score (nSPS) is 11.6. The third kappa shape index (κ3) is 6.04. The molecule has 4 nitrogen and oxygen atoms in total. The fourth-order valence-corrected chi connectivity index (χ4v) is 8.89. The number of nitrogens with zero attached hydrogens (tertiary/aromatic N) is 3. The van der Waals surface area contributed by atoms with Gasteiger partial charge >= 0.3 is 0 Å². The summed E-state index contributed by atoms with van der Waals surface area (Å²) in [6, 6.07) is 74.4. The van der Waals surface area contributed by atoms with Crippen LogP contribution in [-0.4, -0.2) is 15.0 Å². The molecule has 3 heterocycles. The minimum Gasteiger partial charge on any atom is -0.456 e. The van der Waals surface area contributed by atoms with Crippen LogP contribution >= 0.6 is 0 Å². The maximum Gasteiger partial charge on any atom is 0.160 e. The number of furan rings is 1. The molecule has 0 unspecified atom stereocenters. The van der Waals surface area contributed by atoms with Crippen LogP contribution in [0.15, 0.2) is 217 Å². The third-order valence-corrected chi connectivity index (χ3v) is 11.9. The summed E-state index contributed by atoms with van der Waals surface area (Å²) in [7, 11) is 0. The molecule has 0 fully saturated rings. The van der Waals surface area contributed by atoms with Crippen LogP contribution in [0, 0.1) is 0 Å². The largest absolute Gasteiger partial charge is 0.456 e. The summed E-state index contributed by atoms with van der Waals surface area (Å²) in [6.07, 6.45) is 0. The highest BCUT2D eigenvalue weighted by molar-refractivity contribution is 6.27. The van der Waals surface area contributed by atoms with E-state index in [1.165, 1.54) is 21.9 Å². The standard InChI is InChI=1S/C57H35N3O/c1-3-13-36(14-4-1)38-23-28-40(29-24-38)53-54-45-19-9-11-21-48(45)58-56(47(54)34-52-55(53)46-20-10-12-22-51(46)61-52)41-30-26-39(27-31-41)49-35-50(60-57(59-49)42-16-5-2-6-17-42)44-32-25-37-15-7-8-18-43(37)33-44/h1-35H. The molecule has 0 bridgehead atoms. The molecule has 61 heavy (non-hydrogen) atoms. The first-order valence-electron chi connectivity index (χ1n) is 20.6. The topological polar surface area (TPSA) is 51.8 Å². The van der Waals surface area contributed by atoms with Crippen molar-refractivity contribution in [2.45, 2.75) is 0 Å². The van der Waals surface area contributed by atoms with E-state index >= 15 is 0 Å². The summed E-state index contributed by atoms with van der Waals surface area (Å²) in [5.74, 6) is 0.687. The fourth-order valence-electron chi connectivity index (χ4n) is 8.89. The predicted octanol–water partition coefficient (Wildman–Crippen LogP) is 15.2. The van der Waals surface area contributed by atoms with Gasteiger partial charge in [-0.05, 0) is 57.8 Å². The highest BCUT2D eigenvalue weighted by Gasteiger charge is 2.22. The van der Waals surface area contributed by atoms with E-state index in [0.29, 0.717) is 5.82 Å². The molecule has 0 amide bonds. The Labute approximate surface area is 352 Å². The number of rotatable bonds is 6. The zero-order valence-corrected chi connectivity index (χ0v) is 33.0. The third-order valence-electron chi connectivity index (χ3n) is 11.9. The Kier molecular flexibility index (Phi) is 8.13. The maximum absolute atomic E-state index is 6.67. The number of aromatic nitrogens is 3. The summed E-state index contributed by atoms with van der Waals surface area (Å²) < 4.78 is 6.67. The highest BCUT2D eigenvalue weighted by atomic mass is 16.3. The van der Waals surface area contributed by atoms with E-state index < -0.39 is 0 Å². The molecule has 9 aromatic carbocycles. The summed E-state index contributed by atoms with van der Waals surface area (Å²) in [5.41, 5.74) is 13.9. The quantitative estimate of drug-likeness (QED) is 0.158. The van der Waals surface area contributed by atoms with Gasteiger partial charge < -0.3 is 4.42 Å². The lowest BCUT2D eigenvalue weighted by Gasteiger charge is -2.16. The van der Waals surface area contributed by atoms with Gasteiger partial charge in [-0.2, -0.15) is 0 Å². The molecule has 0 radical (unpaired) electrons. The van der Waals surface area contributed by atoms with E-state index in [1.54, 1.807) is 0 Å². The lowest BCUT2D eigenvalue weighted by molar-refractivity contribution is 0.669. The molecule has 3 aromatic heterocycles. The van der Waals surface area contributed by atoms with Crippen LogP contribution in [0.5, 0.6) is 0 Å². The van der Waals surface area contributed by atoms with Gasteiger partial charge in [0.15, 0.2) is 5.82 Å². The van der Waals surface area contributed by atoms with E-state index in [2.05, 4.69) is 188 Å². The van der Waals surface area contributed by atoms with Crippen LogP contribution in [0.2, 0.25) is 0 Å². The first-order valence-corrected chi connectivity index (χ1v) is 20.6. The number of fused-ring (bicyclic) bond motifs is 7. The lowest BCUT2D eigenvalue weighted by Crippen LogP contribution is -1.96. The summed E-state index contributed by atoms with van der Waals surface area (Å²) >= 11 is 0. The number of pyridine rings is 1. The first kappa shape index (κ1) is 34.8. The highest BCUT2D eigenvalue weighted by Crippen LogP contribution is 2.46. The Morgan fingerprint density at radius 1 is 0.311 bits per heavy atom. The van der Waals surface area contributed by atoms with Crippen molar-refractivity contribution in [1.29, 1.82) is 0 Å². The molecule has 12 aromatic rings. The zero-order valence-electron chi connectivity index (χ0n) is 33.0.